The summed E-state index contributed by atoms with van der Waals surface area (Å²) in [5.74, 6) is 0.602. The third-order valence-corrected chi connectivity index (χ3v) is 3.36. The molecule has 0 aliphatic carbocycles. The molecule has 4 nitrogen and oxygen atoms in total. The number of carbonyl (C=O) groups excluding carboxylic acids is 1. The number of aryl methyl sites for hydroxylation is 1. The number of rotatable bonds is 6. The van der Waals surface area contributed by atoms with Crippen molar-refractivity contribution in [3.8, 4) is 5.75 Å². The van der Waals surface area contributed by atoms with Crippen LogP contribution in [0.4, 0.5) is 0 Å². The lowest BCUT2D eigenvalue weighted by Crippen LogP contribution is -2.48. The summed E-state index contributed by atoms with van der Waals surface area (Å²) in [6.45, 7) is 5.67. The third kappa shape index (κ3) is 4.24. The van der Waals surface area contributed by atoms with Gasteiger partial charge >= 0.3 is 0 Å². The Kier molecular flexibility index (Phi) is 5.36. The lowest BCUT2D eigenvalue weighted by atomic mass is 9.99. The van der Waals surface area contributed by atoms with Crippen LogP contribution in [0.3, 0.4) is 0 Å². The fourth-order valence-corrected chi connectivity index (χ4v) is 1.84. The summed E-state index contributed by atoms with van der Waals surface area (Å²) >= 11 is 0. The monoisotopic (exact) mass is 265 g/mol. The fourth-order valence-electron chi connectivity index (χ4n) is 1.84. The van der Waals surface area contributed by atoms with Crippen LogP contribution in [-0.2, 0) is 11.2 Å². The minimum absolute atomic E-state index is 0.0693. The van der Waals surface area contributed by atoms with E-state index in [1.165, 1.54) is 0 Å². The number of benzene rings is 1. The van der Waals surface area contributed by atoms with Gasteiger partial charge in [-0.2, -0.15) is 0 Å². The normalized spacial score (nSPS) is 13.7. The van der Waals surface area contributed by atoms with Gasteiger partial charge in [0.15, 0.2) is 0 Å². The fraction of sp³-hybridized carbons (Fsp3) is 0.533. The number of nitrogens with one attached hydrogen (secondary N) is 1. The van der Waals surface area contributed by atoms with E-state index < -0.39 is 5.54 Å². The molecule has 0 fully saturated rings. The molecule has 1 aromatic rings. The Labute approximate surface area is 114 Å². The van der Waals surface area contributed by atoms with Gasteiger partial charge in [0.25, 0.3) is 0 Å². The van der Waals surface area contributed by atoms with Crippen LogP contribution in [-0.4, -0.2) is 30.3 Å². The zero-order valence-corrected chi connectivity index (χ0v) is 12.1. The Hall–Kier alpha value is -1.55. The topological polar surface area (TPSA) is 58.6 Å². The van der Waals surface area contributed by atoms with E-state index in [2.05, 4.69) is 5.32 Å². The zero-order valence-electron chi connectivity index (χ0n) is 12.1. The number of methoxy groups -OCH3 is 1. The number of carbonyl (C=O) groups is 1. The maximum atomic E-state index is 12.0. The molecule has 19 heavy (non-hydrogen) atoms. The molecule has 0 spiro atoms. The number of amides is 1. The van der Waals surface area contributed by atoms with E-state index in [0.717, 1.165) is 11.1 Å². The van der Waals surface area contributed by atoms with Crippen LogP contribution in [0, 0.1) is 6.92 Å². The molecule has 0 bridgehead atoms. The van der Waals surface area contributed by atoms with Gasteiger partial charge in [-0.05, 0) is 26.3 Å². The average molecular weight is 265 g/mol. The van der Waals surface area contributed by atoms with Gasteiger partial charge in [-0.1, -0.05) is 24.6 Å². The summed E-state index contributed by atoms with van der Waals surface area (Å²) in [4.78, 5) is 12.0. The molecule has 0 aromatic heterocycles. The Bertz CT molecular complexity index is 439. The lowest BCUT2D eigenvalue weighted by Gasteiger charge is -2.27. The summed E-state index contributed by atoms with van der Waals surface area (Å²) in [7, 11) is 1.59. The molecule has 4 heteroatoms. The van der Waals surface area contributed by atoms with Crippen molar-refractivity contribution in [1.82, 2.24) is 5.32 Å². The Morgan fingerprint density at radius 1 is 1.47 bits per heavy atom. The van der Waals surface area contributed by atoms with E-state index >= 15 is 0 Å². The smallest absolute Gasteiger partial charge is 0.225 e. The molecule has 1 unspecified atom stereocenters. The second kappa shape index (κ2) is 6.57. The second-order valence-electron chi connectivity index (χ2n) is 5.11. The summed E-state index contributed by atoms with van der Waals surface area (Å²) in [5.41, 5.74) is 1.38. The van der Waals surface area contributed by atoms with Crippen LogP contribution < -0.4 is 10.1 Å². The minimum atomic E-state index is -0.561. The third-order valence-electron chi connectivity index (χ3n) is 3.36. The maximum absolute atomic E-state index is 12.0. The van der Waals surface area contributed by atoms with Gasteiger partial charge in [-0.25, -0.2) is 0 Å². The summed E-state index contributed by atoms with van der Waals surface area (Å²) in [5, 5.41) is 12.2. The van der Waals surface area contributed by atoms with Crippen LogP contribution >= 0.6 is 0 Å². The first-order valence-corrected chi connectivity index (χ1v) is 6.49. The first kappa shape index (κ1) is 15.5. The van der Waals surface area contributed by atoms with Gasteiger partial charge in [-0.15, -0.1) is 0 Å². The molecule has 0 radical (unpaired) electrons. The largest absolute Gasteiger partial charge is 0.496 e. The number of aliphatic hydroxyl groups is 1. The highest BCUT2D eigenvalue weighted by molar-refractivity contribution is 5.80. The van der Waals surface area contributed by atoms with Gasteiger partial charge < -0.3 is 15.2 Å². The highest BCUT2D eigenvalue weighted by atomic mass is 16.5. The summed E-state index contributed by atoms with van der Waals surface area (Å²) in [6.07, 6.45) is 0.931. The van der Waals surface area contributed by atoms with Gasteiger partial charge in [-0.3, -0.25) is 4.79 Å². The average Bonchev–Trinajstić information content (AvgIpc) is 2.38. The SMILES string of the molecule is CCC(C)(CO)NC(=O)Cc1cc(C)ccc1OC. The van der Waals surface area contributed by atoms with E-state index in [1.807, 2.05) is 39.0 Å². The predicted octanol–water partition coefficient (Wildman–Crippen LogP) is 1.82. The Morgan fingerprint density at radius 3 is 2.68 bits per heavy atom. The summed E-state index contributed by atoms with van der Waals surface area (Å²) < 4.78 is 5.25. The second-order valence-corrected chi connectivity index (χ2v) is 5.11. The Morgan fingerprint density at radius 2 is 2.16 bits per heavy atom. The van der Waals surface area contributed by atoms with Crippen molar-refractivity contribution < 1.29 is 14.6 Å². The van der Waals surface area contributed by atoms with Crippen LogP contribution in [0.5, 0.6) is 5.75 Å². The van der Waals surface area contributed by atoms with E-state index in [1.54, 1.807) is 7.11 Å². The molecule has 1 amide bonds. The van der Waals surface area contributed by atoms with Crippen molar-refractivity contribution in [2.75, 3.05) is 13.7 Å². The van der Waals surface area contributed by atoms with Crippen molar-refractivity contribution in [3.63, 3.8) is 0 Å². The van der Waals surface area contributed by atoms with E-state index in [9.17, 15) is 9.90 Å². The maximum Gasteiger partial charge on any atom is 0.225 e. The molecular weight excluding hydrogens is 242 g/mol. The quantitative estimate of drug-likeness (QED) is 0.825. The molecule has 106 valence electrons. The van der Waals surface area contributed by atoms with Crippen molar-refractivity contribution in [1.29, 1.82) is 0 Å². The lowest BCUT2D eigenvalue weighted by molar-refractivity contribution is -0.122. The van der Waals surface area contributed by atoms with Crippen molar-refractivity contribution in [2.24, 2.45) is 0 Å². The molecule has 0 aliphatic heterocycles. The van der Waals surface area contributed by atoms with Gasteiger partial charge in [0.1, 0.15) is 5.75 Å². The molecular formula is C15H23NO3. The molecule has 0 saturated carbocycles. The number of hydrogen-bond acceptors (Lipinski definition) is 3. The minimum Gasteiger partial charge on any atom is -0.496 e. The number of aliphatic hydroxyl groups excluding tert-OH is 1. The van der Waals surface area contributed by atoms with Crippen LogP contribution in [0.1, 0.15) is 31.4 Å². The molecule has 0 saturated heterocycles. The molecule has 0 aliphatic rings. The highest BCUT2D eigenvalue weighted by Gasteiger charge is 2.23. The highest BCUT2D eigenvalue weighted by Crippen LogP contribution is 2.20. The van der Waals surface area contributed by atoms with Crippen molar-refractivity contribution in [3.05, 3.63) is 29.3 Å². The zero-order chi connectivity index (χ0) is 14.5. The first-order chi connectivity index (χ1) is 8.94. The van der Waals surface area contributed by atoms with Gasteiger partial charge in [0.05, 0.1) is 25.7 Å². The predicted molar refractivity (Wildman–Crippen MR) is 75.4 cm³/mol. The molecule has 1 aromatic carbocycles. The van der Waals surface area contributed by atoms with Gasteiger partial charge in [0, 0.05) is 5.56 Å². The molecule has 1 rings (SSSR count). The van der Waals surface area contributed by atoms with Crippen molar-refractivity contribution in [2.45, 2.75) is 39.2 Å². The number of ether oxygens (including phenoxy) is 1. The molecule has 2 N–H and O–H groups in total. The number of hydrogen-bond donors (Lipinski definition) is 2. The molecule has 0 heterocycles. The first-order valence-electron chi connectivity index (χ1n) is 6.49. The van der Waals surface area contributed by atoms with Gasteiger partial charge in [0.2, 0.25) is 5.91 Å². The van der Waals surface area contributed by atoms with Crippen molar-refractivity contribution >= 4 is 5.91 Å². The van der Waals surface area contributed by atoms with E-state index in [-0.39, 0.29) is 18.9 Å². The van der Waals surface area contributed by atoms with E-state index in [0.29, 0.717) is 12.2 Å². The summed E-state index contributed by atoms with van der Waals surface area (Å²) in [6, 6.07) is 5.76. The standard InChI is InChI=1S/C15H23NO3/c1-5-15(3,10-17)16-14(18)9-12-8-11(2)6-7-13(12)19-4/h6-8,17H,5,9-10H2,1-4H3,(H,16,18). The van der Waals surface area contributed by atoms with Crippen LogP contribution in [0.2, 0.25) is 0 Å². The Balaban J connectivity index is 2.79. The van der Waals surface area contributed by atoms with Crippen LogP contribution in [0.15, 0.2) is 18.2 Å². The van der Waals surface area contributed by atoms with E-state index in [4.69, 9.17) is 4.74 Å². The molecule has 1 atom stereocenters. The van der Waals surface area contributed by atoms with Crippen LogP contribution in [0.25, 0.3) is 0 Å².